The van der Waals surface area contributed by atoms with Crippen LogP contribution < -0.4 is 10.1 Å². The van der Waals surface area contributed by atoms with Crippen LogP contribution in [-0.2, 0) is 4.79 Å². The summed E-state index contributed by atoms with van der Waals surface area (Å²) in [6.07, 6.45) is 1.70. The number of amidine groups is 1. The van der Waals surface area contributed by atoms with E-state index in [2.05, 4.69) is 26.2 Å². The maximum Gasteiger partial charge on any atom is 0.344 e. The second kappa shape index (κ2) is 9.90. The molecular formula is C28H19BrN2O3S. The van der Waals surface area contributed by atoms with Crippen molar-refractivity contribution in [3.8, 4) is 5.75 Å². The molecule has 7 heteroatoms. The zero-order chi connectivity index (χ0) is 24.4. The van der Waals surface area contributed by atoms with Gasteiger partial charge in [-0.3, -0.25) is 4.79 Å². The van der Waals surface area contributed by atoms with E-state index in [9.17, 15) is 9.59 Å². The predicted octanol–water partition coefficient (Wildman–Crippen LogP) is 7.02. The van der Waals surface area contributed by atoms with Crippen molar-refractivity contribution < 1.29 is 14.3 Å². The van der Waals surface area contributed by atoms with Gasteiger partial charge in [-0.25, -0.2) is 9.79 Å². The van der Waals surface area contributed by atoms with Gasteiger partial charge >= 0.3 is 5.97 Å². The van der Waals surface area contributed by atoms with E-state index < -0.39 is 5.97 Å². The number of aliphatic imine (C=N–C) groups is 1. The molecule has 4 aromatic carbocycles. The molecule has 1 fully saturated rings. The van der Waals surface area contributed by atoms with Crippen molar-refractivity contribution in [1.82, 2.24) is 5.32 Å². The highest BCUT2D eigenvalue weighted by Gasteiger charge is 2.25. The maximum atomic E-state index is 13.1. The molecule has 5 nitrogen and oxygen atoms in total. The largest absolute Gasteiger partial charge is 0.422 e. The molecule has 4 aromatic rings. The van der Waals surface area contributed by atoms with Crippen molar-refractivity contribution in [3.63, 3.8) is 0 Å². The van der Waals surface area contributed by atoms with Gasteiger partial charge in [0, 0.05) is 10.0 Å². The fourth-order valence-corrected chi connectivity index (χ4v) is 4.85. The number of ether oxygens (including phenoxy) is 1. The summed E-state index contributed by atoms with van der Waals surface area (Å²) < 4.78 is 6.60. The Morgan fingerprint density at radius 2 is 1.77 bits per heavy atom. The van der Waals surface area contributed by atoms with Crippen LogP contribution >= 0.6 is 27.7 Å². The molecule has 0 atom stereocenters. The Hall–Kier alpha value is -3.68. The first-order valence-electron chi connectivity index (χ1n) is 10.8. The molecule has 5 rings (SSSR count). The number of thioether (sulfide) groups is 1. The molecule has 1 aliphatic rings. The van der Waals surface area contributed by atoms with Crippen molar-refractivity contribution in [2.24, 2.45) is 4.99 Å². The van der Waals surface area contributed by atoms with E-state index in [1.54, 1.807) is 24.3 Å². The summed E-state index contributed by atoms with van der Waals surface area (Å²) in [5.41, 5.74) is 2.97. The quantitative estimate of drug-likeness (QED) is 0.171. The highest BCUT2D eigenvalue weighted by Crippen LogP contribution is 2.33. The average molecular weight is 543 g/mol. The third-order valence-electron chi connectivity index (χ3n) is 5.39. The lowest BCUT2D eigenvalue weighted by atomic mass is 10.0. The normalized spacial score (nSPS) is 15.5. The molecule has 0 radical (unpaired) electrons. The van der Waals surface area contributed by atoms with E-state index in [1.807, 2.05) is 73.7 Å². The first-order valence-corrected chi connectivity index (χ1v) is 12.4. The van der Waals surface area contributed by atoms with E-state index in [4.69, 9.17) is 4.74 Å². The number of nitrogens with one attached hydrogen (secondary N) is 1. The van der Waals surface area contributed by atoms with Crippen LogP contribution in [0.15, 0.2) is 99.3 Å². The van der Waals surface area contributed by atoms with Crippen LogP contribution in [0.3, 0.4) is 0 Å². The number of nitrogens with zero attached hydrogens (tertiary/aromatic N) is 1. The number of amides is 1. The molecule has 0 aromatic heterocycles. The summed E-state index contributed by atoms with van der Waals surface area (Å²) in [4.78, 5) is 30.7. The Labute approximate surface area is 215 Å². The lowest BCUT2D eigenvalue weighted by Gasteiger charge is -2.10. The molecule has 1 aliphatic heterocycles. The SMILES string of the molecule is Cc1ccc(N=C2NC(=O)/C(=C/c3cc(Br)ccc3OC(=O)c3cccc4ccccc34)S2)cc1. The smallest absolute Gasteiger partial charge is 0.344 e. The van der Waals surface area contributed by atoms with Crippen molar-refractivity contribution in [2.75, 3.05) is 0 Å². The Kier molecular flexibility index (Phi) is 6.53. The van der Waals surface area contributed by atoms with Gasteiger partial charge in [-0.1, -0.05) is 70.0 Å². The van der Waals surface area contributed by atoms with Crippen molar-refractivity contribution >= 4 is 67.3 Å². The van der Waals surface area contributed by atoms with E-state index in [0.717, 1.165) is 26.5 Å². The van der Waals surface area contributed by atoms with E-state index in [1.165, 1.54) is 11.8 Å². The molecule has 35 heavy (non-hydrogen) atoms. The number of fused-ring (bicyclic) bond motifs is 1. The van der Waals surface area contributed by atoms with Gasteiger partial charge in [0.05, 0.1) is 16.2 Å². The predicted molar refractivity (Wildman–Crippen MR) is 145 cm³/mol. The first-order chi connectivity index (χ1) is 17.0. The molecule has 0 spiro atoms. The zero-order valence-corrected chi connectivity index (χ0v) is 21.0. The maximum absolute atomic E-state index is 13.1. The van der Waals surface area contributed by atoms with Gasteiger partial charge in [-0.15, -0.1) is 0 Å². The summed E-state index contributed by atoms with van der Waals surface area (Å²) in [6.45, 7) is 2.01. The number of carbonyl (C=O) groups is 2. The number of hydrogen-bond donors (Lipinski definition) is 1. The van der Waals surface area contributed by atoms with Crippen molar-refractivity contribution in [2.45, 2.75) is 6.92 Å². The summed E-state index contributed by atoms with van der Waals surface area (Å²) in [6, 6.07) is 26.2. The van der Waals surface area contributed by atoms with Crippen LogP contribution in [0.2, 0.25) is 0 Å². The lowest BCUT2D eigenvalue weighted by Crippen LogP contribution is -2.19. The molecule has 1 amide bonds. The van der Waals surface area contributed by atoms with Gasteiger partial charge in [0.1, 0.15) is 5.75 Å². The van der Waals surface area contributed by atoms with Crippen LogP contribution in [0.4, 0.5) is 5.69 Å². The molecule has 0 saturated carbocycles. The standard InChI is InChI=1S/C28H19BrN2O3S/c1-17-9-12-21(13-10-17)30-28-31-26(32)25(35-28)16-19-15-20(29)11-14-24(19)34-27(33)23-8-4-6-18-5-2-3-7-22(18)23/h2-16H,1H3,(H,30,31,32)/b25-16-. The van der Waals surface area contributed by atoms with Crippen LogP contribution in [-0.4, -0.2) is 17.0 Å². The Balaban J connectivity index is 1.43. The summed E-state index contributed by atoms with van der Waals surface area (Å²) >= 11 is 4.70. The van der Waals surface area contributed by atoms with Crippen LogP contribution in [0.1, 0.15) is 21.5 Å². The Bertz CT molecular complexity index is 1520. The van der Waals surface area contributed by atoms with E-state index in [0.29, 0.717) is 26.9 Å². The van der Waals surface area contributed by atoms with Crippen molar-refractivity contribution in [1.29, 1.82) is 0 Å². The summed E-state index contributed by atoms with van der Waals surface area (Å²) in [7, 11) is 0. The minimum absolute atomic E-state index is 0.257. The molecule has 172 valence electrons. The number of carbonyl (C=O) groups excluding carboxylic acids is 2. The molecule has 0 bridgehead atoms. The highest BCUT2D eigenvalue weighted by molar-refractivity contribution is 9.10. The molecule has 1 N–H and O–H groups in total. The van der Waals surface area contributed by atoms with Crippen LogP contribution in [0, 0.1) is 6.92 Å². The van der Waals surface area contributed by atoms with Crippen LogP contribution in [0.25, 0.3) is 16.8 Å². The van der Waals surface area contributed by atoms with E-state index >= 15 is 0 Å². The van der Waals surface area contributed by atoms with Gasteiger partial charge in [0.25, 0.3) is 5.91 Å². The van der Waals surface area contributed by atoms with Gasteiger partial charge in [-0.2, -0.15) is 0 Å². The zero-order valence-electron chi connectivity index (χ0n) is 18.6. The highest BCUT2D eigenvalue weighted by atomic mass is 79.9. The third-order valence-corrected chi connectivity index (χ3v) is 6.79. The summed E-state index contributed by atoms with van der Waals surface area (Å²) in [5, 5.41) is 5.07. The Morgan fingerprint density at radius 3 is 2.60 bits per heavy atom. The van der Waals surface area contributed by atoms with Gasteiger partial charge < -0.3 is 10.1 Å². The first kappa shape index (κ1) is 23.1. The number of aryl methyl sites for hydroxylation is 1. The number of rotatable bonds is 4. The summed E-state index contributed by atoms with van der Waals surface area (Å²) in [5.74, 6) is -0.364. The van der Waals surface area contributed by atoms with Gasteiger partial charge in [-0.05, 0) is 71.9 Å². The number of halogens is 1. The molecule has 0 aliphatic carbocycles. The fourth-order valence-electron chi connectivity index (χ4n) is 3.64. The van der Waals surface area contributed by atoms with Gasteiger partial charge in [0.15, 0.2) is 5.17 Å². The second-order valence-corrected chi connectivity index (χ2v) is 9.86. The Morgan fingerprint density at radius 1 is 1.00 bits per heavy atom. The monoisotopic (exact) mass is 542 g/mol. The number of benzene rings is 4. The number of hydrogen-bond acceptors (Lipinski definition) is 5. The lowest BCUT2D eigenvalue weighted by molar-refractivity contribution is -0.115. The minimum Gasteiger partial charge on any atom is -0.422 e. The minimum atomic E-state index is -0.464. The van der Waals surface area contributed by atoms with Crippen molar-refractivity contribution in [3.05, 3.63) is 111 Å². The third kappa shape index (κ3) is 5.21. The number of esters is 1. The topological polar surface area (TPSA) is 67.8 Å². The molecule has 0 unspecified atom stereocenters. The molecule has 1 saturated heterocycles. The fraction of sp³-hybridized carbons (Fsp3) is 0.0357. The second-order valence-electron chi connectivity index (χ2n) is 7.92. The van der Waals surface area contributed by atoms with Crippen LogP contribution in [0.5, 0.6) is 5.75 Å². The molecular weight excluding hydrogens is 524 g/mol. The molecule has 1 heterocycles. The van der Waals surface area contributed by atoms with E-state index in [-0.39, 0.29) is 5.91 Å². The van der Waals surface area contributed by atoms with Gasteiger partial charge in [0.2, 0.25) is 0 Å². The average Bonchev–Trinajstić information content (AvgIpc) is 3.20.